The van der Waals surface area contributed by atoms with Gasteiger partial charge in [-0.25, -0.2) is 13.4 Å². The van der Waals surface area contributed by atoms with Crippen molar-refractivity contribution in [3.8, 4) is 0 Å². The molecule has 0 aliphatic heterocycles. The SMILES string of the molecule is CC(=O)Nc1nc(C)c(S(=O)(=O)N(C)Cc2ccccc2)s1. The predicted octanol–water partition coefficient (Wildman–Crippen LogP) is 2.23. The van der Waals surface area contributed by atoms with Gasteiger partial charge in [0.15, 0.2) is 9.34 Å². The summed E-state index contributed by atoms with van der Waals surface area (Å²) in [6.07, 6.45) is 0. The summed E-state index contributed by atoms with van der Waals surface area (Å²) in [4.78, 5) is 15.1. The number of hydrogen-bond donors (Lipinski definition) is 1. The Labute approximate surface area is 133 Å². The van der Waals surface area contributed by atoms with Gasteiger partial charge < -0.3 is 5.32 Å². The third kappa shape index (κ3) is 3.70. The minimum Gasteiger partial charge on any atom is -0.302 e. The van der Waals surface area contributed by atoms with Crippen LogP contribution in [0.1, 0.15) is 18.2 Å². The van der Waals surface area contributed by atoms with Gasteiger partial charge in [-0.15, -0.1) is 0 Å². The first-order chi connectivity index (χ1) is 10.3. The van der Waals surface area contributed by atoms with E-state index in [1.807, 2.05) is 30.3 Å². The van der Waals surface area contributed by atoms with Crippen molar-refractivity contribution in [2.75, 3.05) is 12.4 Å². The molecule has 0 unspecified atom stereocenters. The maximum absolute atomic E-state index is 12.6. The Kier molecular flexibility index (Phi) is 4.94. The number of rotatable bonds is 5. The zero-order valence-electron chi connectivity index (χ0n) is 12.5. The summed E-state index contributed by atoms with van der Waals surface area (Å²) in [5.74, 6) is -0.282. The lowest BCUT2D eigenvalue weighted by Gasteiger charge is -2.16. The summed E-state index contributed by atoms with van der Waals surface area (Å²) >= 11 is 0.961. The summed E-state index contributed by atoms with van der Waals surface area (Å²) in [6, 6.07) is 9.35. The first-order valence-electron chi connectivity index (χ1n) is 6.56. The van der Waals surface area contributed by atoms with Crippen molar-refractivity contribution in [1.29, 1.82) is 0 Å². The Morgan fingerprint density at radius 1 is 1.32 bits per heavy atom. The van der Waals surface area contributed by atoms with Crippen LogP contribution in [0.4, 0.5) is 5.13 Å². The molecule has 0 spiro atoms. The number of sulfonamides is 1. The monoisotopic (exact) mass is 339 g/mol. The minimum absolute atomic E-state index is 0.148. The predicted molar refractivity (Wildman–Crippen MR) is 86.2 cm³/mol. The van der Waals surface area contributed by atoms with Gasteiger partial charge in [0.05, 0.1) is 5.69 Å². The molecule has 0 saturated heterocycles. The fourth-order valence-electron chi connectivity index (χ4n) is 1.89. The van der Waals surface area contributed by atoms with Crippen molar-refractivity contribution >= 4 is 32.4 Å². The highest BCUT2D eigenvalue weighted by Crippen LogP contribution is 2.29. The lowest BCUT2D eigenvalue weighted by atomic mass is 10.2. The van der Waals surface area contributed by atoms with Gasteiger partial charge in [-0.3, -0.25) is 4.79 Å². The van der Waals surface area contributed by atoms with Crippen LogP contribution < -0.4 is 5.32 Å². The molecule has 2 rings (SSSR count). The molecular formula is C14H17N3O3S2. The molecule has 6 nitrogen and oxygen atoms in total. The Balaban J connectivity index is 2.26. The molecule has 1 aromatic carbocycles. The van der Waals surface area contributed by atoms with E-state index in [4.69, 9.17) is 0 Å². The number of amides is 1. The van der Waals surface area contributed by atoms with Gasteiger partial charge in [-0.1, -0.05) is 41.7 Å². The van der Waals surface area contributed by atoms with E-state index in [0.29, 0.717) is 5.69 Å². The van der Waals surface area contributed by atoms with Gasteiger partial charge in [0, 0.05) is 20.5 Å². The molecule has 22 heavy (non-hydrogen) atoms. The van der Waals surface area contributed by atoms with Crippen LogP contribution in [0.15, 0.2) is 34.5 Å². The van der Waals surface area contributed by atoms with E-state index in [-0.39, 0.29) is 21.8 Å². The van der Waals surface area contributed by atoms with Crippen LogP contribution in [-0.2, 0) is 21.4 Å². The average Bonchev–Trinajstić information content (AvgIpc) is 2.80. The van der Waals surface area contributed by atoms with Gasteiger partial charge >= 0.3 is 0 Å². The number of carbonyl (C=O) groups excluding carboxylic acids is 1. The second-order valence-electron chi connectivity index (χ2n) is 4.82. The minimum atomic E-state index is -3.64. The number of hydrogen-bond acceptors (Lipinski definition) is 5. The van der Waals surface area contributed by atoms with Gasteiger partial charge in [-0.2, -0.15) is 4.31 Å². The zero-order chi connectivity index (χ0) is 16.3. The number of nitrogens with one attached hydrogen (secondary N) is 1. The molecule has 1 N–H and O–H groups in total. The highest BCUT2D eigenvalue weighted by molar-refractivity contribution is 7.91. The second kappa shape index (κ2) is 6.55. The van der Waals surface area contributed by atoms with Gasteiger partial charge in [-0.05, 0) is 12.5 Å². The molecule has 0 atom stereocenters. The molecule has 8 heteroatoms. The third-order valence-corrected chi connectivity index (χ3v) is 6.39. The highest BCUT2D eigenvalue weighted by atomic mass is 32.2. The van der Waals surface area contributed by atoms with Crippen LogP contribution in [0.25, 0.3) is 0 Å². The molecule has 0 saturated carbocycles. The number of carbonyl (C=O) groups is 1. The van der Waals surface area contributed by atoms with Crippen LogP contribution in [0, 0.1) is 6.92 Å². The lowest BCUT2D eigenvalue weighted by Crippen LogP contribution is -2.26. The van der Waals surface area contributed by atoms with E-state index in [1.54, 1.807) is 6.92 Å². The first kappa shape index (κ1) is 16.6. The standard InChI is InChI=1S/C14H17N3O3S2/c1-10-13(21-14(15-10)16-11(2)18)22(19,20)17(3)9-12-7-5-4-6-8-12/h4-8H,9H2,1-3H3,(H,15,16,18). The number of aryl methyl sites for hydroxylation is 1. The Hall–Kier alpha value is -1.77. The van der Waals surface area contributed by atoms with E-state index in [0.717, 1.165) is 16.9 Å². The van der Waals surface area contributed by atoms with E-state index >= 15 is 0 Å². The van der Waals surface area contributed by atoms with Crippen molar-refractivity contribution in [3.05, 3.63) is 41.6 Å². The Bertz CT molecular complexity index is 770. The topological polar surface area (TPSA) is 79.4 Å². The van der Waals surface area contributed by atoms with Crippen LogP contribution in [0.3, 0.4) is 0 Å². The van der Waals surface area contributed by atoms with Gasteiger partial charge in [0.1, 0.15) is 0 Å². The summed E-state index contributed by atoms with van der Waals surface area (Å²) < 4.78 is 26.7. The van der Waals surface area contributed by atoms with Gasteiger partial charge in [0.25, 0.3) is 10.0 Å². The Morgan fingerprint density at radius 3 is 2.55 bits per heavy atom. The van der Waals surface area contributed by atoms with E-state index < -0.39 is 10.0 Å². The summed E-state index contributed by atoms with van der Waals surface area (Å²) in [5.41, 5.74) is 1.28. The van der Waals surface area contributed by atoms with Crippen molar-refractivity contribution in [1.82, 2.24) is 9.29 Å². The molecule has 2 aromatic rings. The molecule has 1 heterocycles. The molecule has 1 amide bonds. The molecule has 0 fully saturated rings. The maximum Gasteiger partial charge on any atom is 0.254 e. The molecule has 0 radical (unpaired) electrons. The van der Waals surface area contributed by atoms with Crippen LogP contribution in [0.2, 0.25) is 0 Å². The normalized spacial score (nSPS) is 11.6. The molecule has 0 bridgehead atoms. The summed E-state index contributed by atoms with van der Waals surface area (Å²) in [7, 11) is -2.12. The lowest BCUT2D eigenvalue weighted by molar-refractivity contribution is -0.114. The average molecular weight is 339 g/mol. The number of anilines is 1. The third-order valence-electron chi connectivity index (χ3n) is 2.93. The number of aromatic nitrogens is 1. The maximum atomic E-state index is 12.6. The summed E-state index contributed by atoms with van der Waals surface area (Å²) in [6.45, 7) is 3.24. The smallest absolute Gasteiger partial charge is 0.254 e. The van der Waals surface area contributed by atoms with E-state index in [9.17, 15) is 13.2 Å². The second-order valence-corrected chi connectivity index (χ2v) is 8.06. The number of benzene rings is 1. The fourth-order valence-corrected chi connectivity index (χ4v) is 4.70. The van der Waals surface area contributed by atoms with Crippen molar-refractivity contribution in [2.24, 2.45) is 0 Å². The van der Waals surface area contributed by atoms with Crippen LogP contribution in [0.5, 0.6) is 0 Å². The molecular weight excluding hydrogens is 322 g/mol. The molecule has 118 valence electrons. The Morgan fingerprint density at radius 2 is 1.95 bits per heavy atom. The molecule has 0 aliphatic rings. The fraction of sp³-hybridized carbons (Fsp3) is 0.286. The van der Waals surface area contributed by atoms with Crippen LogP contribution in [-0.4, -0.2) is 30.7 Å². The number of thiazole rings is 1. The van der Waals surface area contributed by atoms with Gasteiger partial charge in [0.2, 0.25) is 5.91 Å². The van der Waals surface area contributed by atoms with Crippen molar-refractivity contribution in [3.63, 3.8) is 0 Å². The van der Waals surface area contributed by atoms with E-state index in [1.165, 1.54) is 18.3 Å². The van der Waals surface area contributed by atoms with Crippen molar-refractivity contribution < 1.29 is 13.2 Å². The molecule has 1 aromatic heterocycles. The number of nitrogens with zero attached hydrogens (tertiary/aromatic N) is 2. The van der Waals surface area contributed by atoms with Crippen molar-refractivity contribution in [2.45, 2.75) is 24.6 Å². The highest BCUT2D eigenvalue weighted by Gasteiger charge is 2.26. The van der Waals surface area contributed by atoms with Crippen LogP contribution >= 0.6 is 11.3 Å². The molecule has 0 aliphatic carbocycles. The zero-order valence-corrected chi connectivity index (χ0v) is 14.2. The largest absolute Gasteiger partial charge is 0.302 e. The summed E-state index contributed by atoms with van der Waals surface area (Å²) in [5, 5.41) is 2.80. The van der Waals surface area contributed by atoms with E-state index in [2.05, 4.69) is 10.3 Å². The quantitative estimate of drug-likeness (QED) is 0.906. The first-order valence-corrected chi connectivity index (χ1v) is 8.81.